The van der Waals surface area contributed by atoms with E-state index >= 15 is 0 Å². The molecule has 36 heavy (non-hydrogen) atoms. The van der Waals surface area contributed by atoms with Gasteiger partial charge in [0.1, 0.15) is 10.6 Å². The van der Waals surface area contributed by atoms with Crippen LogP contribution < -0.4 is 20.1 Å². The number of carbonyl (C=O) groups is 2. The van der Waals surface area contributed by atoms with Gasteiger partial charge in [0.15, 0.2) is 0 Å². The van der Waals surface area contributed by atoms with Gasteiger partial charge in [-0.05, 0) is 48.2 Å². The fourth-order valence-electron chi connectivity index (χ4n) is 4.02. The summed E-state index contributed by atoms with van der Waals surface area (Å²) in [6.07, 6.45) is 3.02. The van der Waals surface area contributed by atoms with Crippen LogP contribution in [0.25, 0.3) is 11.1 Å². The highest BCUT2D eigenvalue weighted by Gasteiger charge is 2.23. The first kappa shape index (κ1) is 25.2. The van der Waals surface area contributed by atoms with E-state index in [0.29, 0.717) is 49.2 Å². The van der Waals surface area contributed by atoms with Crippen molar-refractivity contribution in [2.45, 2.75) is 31.1 Å². The minimum atomic E-state index is -4.05. The van der Waals surface area contributed by atoms with E-state index in [1.54, 1.807) is 18.2 Å². The molecule has 0 atom stereocenters. The Hall–Kier alpha value is -3.92. The summed E-state index contributed by atoms with van der Waals surface area (Å²) in [6, 6.07) is 14.1. The summed E-state index contributed by atoms with van der Waals surface area (Å²) in [5.41, 5.74) is 3.70. The van der Waals surface area contributed by atoms with Crippen LogP contribution in [-0.2, 0) is 27.7 Å². The Bertz CT molecular complexity index is 1390. The Morgan fingerprint density at radius 1 is 1.11 bits per heavy atom. The van der Waals surface area contributed by atoms with Crippen molar-refractivity contribution in [3.63, 3.8) is 0 Å². The van der Waals surface area contributed by atoms with Gasteiger partial charge < -0.3 is 15.4 Å². The van der Waals surface area contributed by atoms with Gasteiger partial charge in [-0.25, -0.2) is 8.42 Å². The van der Waals surface area contributed by atoms with Crippen molar-refractivity contribution in [1.29, 1.82) is 0 Å². The lowest BCUT2D eigenvalue weighted by molar-refractivity contribution is -0.120. The number of nitrogens with one attached hydrogen (secondary N) is 3. The Balaban J connectivity index is 1.57. The van der Waals surface area contributed by atoms with Gasteiger partial charge in [-0.1, -0.05) is 30.3 Å². The molecule has 0 saturated carbocycles. The minimum Gasteiger partial charge on any atom is -0.495 e. The normalized spacial score (nSPS) is 12.9. The summed E-state index contributed by atoms with van der Waals surface area (Å²) in [5.74, 6) is -0.0823. The molecule has 3 N–H and O–H groups in total. The van der Waals surface area contributed by atoms with Crippen LogP contribution >= 0.6 is 0 Å². The number of aryl methyl sites for hydroxylation is 1. The molecular weight excluding hydrogens is 480 g/mol. The fourth-order valence-corrected chi connectivity index (χ4v) is 5.25. The van der Waals surface area contributed by atoms with Crippen molar-refractivity contribution in [3.05, 3.63) is 71.5 Å². The van der Waals surface area contributed by atoms with E-state index in [4.69, 9.17) is 4.74 Å². The number of aromatic nitrogens is 1. The van der Waals surface area contributed by atoms with Crippen LogP contribution in [0.1, 0.15) is 35.0 Å². The molecule has 1 aromatic heterocycles. The molecule has 2 aromatic carbocycles. The monoisotopic (exact) mass is 508 g/mol. The zero-order valence-corrected chi connectivity index (χ0v) is 20.9. The van der Waals surface area contributed by atoms with Gasteiger partial charge >= 0.3 is 0 Å². The van der Waals surface area contributed by atoms with Gasteiger partial charge in [-0.15, -0.1) is 0 Å². The van der Waals surface area contributed by atoms with Gasteiger partial charge in [0.25, 0.3) is 15.9 Å². The van der Waals surface area contributed by atoms with Gasteiger partial charge in [-0.3, -0.25) is 19.3 Å². The molecule has 0 spiro atoms. The van der Waals surface area contributed by atoms with Crippen molar-refractivity contribution < 1.29 is 22.7 Å². The van der Waals surface area contributed by atoms with Gasteiger partial charge in [-0.2, -0.15) is 0 Å². The smallest absolute Gasteiger partial charge is 0.265 e. The summed E-state index contributed by atoms with van der Waals surface area (Å²) < 4.78 is 34.5. The number of hydrogen-bond donors (Lipinski definition) is 3. The van der Waals surface area contributed by atoms with Crippen molar-refractivity contribution in [2.24, 2.45) is 0 Å². The molecule has 0 unspecified atom stereocenters. The Morgan fingerprint density at radius 3 is 2.58 bits per heavy atom. The molecular formula is C26H28N4O5S. The number of benzene rings is 2. The largest absolute Gasteiger partial charge is 0.495 e. The first-order valence-corrected chi connectivity index (χ1v) is 13.1. The second-order valence-corrected chi connectivity index (χ2v) is 10.00. The Labute approximate surface area is 210 Å². The lowest BCUT2D eigenvalue weighted by atomic mass is 10.0. The molecule has 9 nitrogen and oxygen atoms in total. The van der Waals surface area contributed by atoms with E-state index in [9.17, 15) is 18.0 Å². The average Bonchev–Trinajstić information content (AvgIpc) is 2.88. The zero-order chi connectivity index (χ0) is 25.7. The van der Waals surface area contributed by atoms with Crippen LogP contribution in [-0.4, -0.2) is 45.4 Å². The van der Waals surface area contributed by atoms with Crippen molar-refractivity contribution >= 4 is 27.5 Å². The molecule has 3 aromatic rings. The molecule has 0 radical (unpaired) electrons. The third-order valence-electron chi connectivity index (χ3n) is 5.87. The standard InChI is InChI=1S/C26H28N4O5S/c1-3-27-25(31)11-6-17-4-7-18(8-5-17)19-9-10-23(35-2)24(14-19)36(33,34)30-20-15-21-22(29-16-20)12-13-28-26(21)32/h4-5,7-10,14-16,30H,3,6,11-13H2,1-2H3,(H,27,31)(H,28,32). The maximum Gasteiger partial charge on any atom is 0.265 e. The van der Waals surface area contributed by atoms with E-state index in [2.05, 4.69) is 20.3 Å². The van der Waals surface area contributed by atoms with E-state index < -0.39 is 10.0 Å². The molecule has 1 aliphatic rings. The van der Waals surface area contributed by atoms with Gasteiger partial charge in [0, 0.05) is 25.9 Å². The quantitative estimate of drug-likeness (QED) is 0.408. The van der Waals surface area contributed by atoms with Crippen LogP contribution in [0, 0.1) is 0 Å². The molecule has 188 valence electrons. The molecule has 4 rings (SSSR count). The average molecular weight is 509 g/mol. The molecule has 0 fully saturated rings. The van der Waals surface area contributed by atoms with Crippen LogP contribution in [0.5, 0.6) is 5.75 Å². The van der Waals surface area contributed by atoms with Crippen LogP contribution in [0.3, 0.4) is 0 Å². The fraction of sp³-hybridized carbons (Fsp3) is 0.269. The molecule has 1 aliphatic heterocycles. The number of pyridine rings is 1. The van der Waals surface area contributed by atoms with E-state index in [0.717, 1.165) is 11.1 Å². The number of ether oxygens (including phenoxy) is 1. The summed E-state index contributed by atoms with van der Waals surface area (Å²) in [4.78, 5) is 28.1. The van der Waals surface area contributed by atoms with Crippen LogP contribution in [0.15, 0.2) is 59.6 Å². The molecule has 0 saturated heterocycles. The van der Waals surface area contributed by atoms with Crippen molar-refractivity contribution in [1.82, 2.24) is 15.6 Å². The predicted octanol–water partition coefficient (Wildman–Crippen LogP) is 2.91. The van der Waals surface area contributed by atoms with Crippen LogP contribution in [0.2, 0.25) is 0 Å². The maximum absolute atomic E-state index is 13.3. The summed E-state index contributed by atoms with van der Waals surface area (Å²) >= 11 is 0. The third-order valence-corrected chi connectivity index (χ3v) is 7.27. The number of sulfonamides is 1. The van der Waals surface area contributed by atoms with E-state index in [-0.39, 0.29) is 28.1 Å². The number of hydrogen-bond acceptors (Lipinski definition) is 6. The first-order chi connectivity index (χ1) is 17.3. The summed E-state index contributed by atoms with van der Waals surface area (Å²) in [6.45, 7) is 2.99. The molecule has 0 bridgehead atoms. The predicted molar refractivity (Wildman–Crippen MR) is 137 cm³/mol. The van der Waals surface area contributed by atoms with Crippen LogP contribution in [0.4, 0.5) is 5.69 Å². The molecule has 2 amide bonds. The Kier molecular flexibility index (Phi) is 7.54. The Morgan fingerprint density at radius 2 is 1.86 bits per heavy atom. The molecule has 2 heterocycles. The summed E-state index contributed by atoms with van der Waals surface area (Å²) in [7, 11) is -2.65. The first-order valence-electron chi connectivity index (χ1n) is 11.6. The topological polar surface area (TPSA) is 126 Å². The number of methoxy groups -OCH3 is 1. The highest BCUT2D eigenvalue weighted by atomic mass is 32.2. The maximum atomic E-state index is 13.3. The molecule has 0 aliphatic carbocycles. The van der Waals surface area contributed by atoms with E-state index in [1.807, 2.05) is 31.2 Å². The SMILES string of the molecule is CCNC(=O)CCc1ccc(-c2ccc(OC)c(S(=O)(=O)Nc3cnc4c(c3)C(=O)NCC4)c2)cc1. The number of anilines is 1. The number of amides is 2. The lowest BCUT2D eigenvalue weighted by Crippen LogP contribution is -2.32. The number of carbonyl (C=O) groups excluding carboxylic acids is 2. The highest BCUT2D eigenvalue weighted by Crippen LogP contribution is 2.31. The van der Waals surface area contributed by atoms with E-state index in [1.165, 1.54) is 19.4 Å². The van der Waals surface area contributed by atoms with Crippen molar-refractivity contribution in [3.8, 4) is 16.9 Å². The number of fused-ring (bicyclic) bond motifs is 1. The van der Waals surface area contributed by atoms with Gasteiger partial charge in [0.2, 0.25) is 5.91 Å². The molecule has 10 heteroatoms. The van der Waals surface area contributed by atoms with Crippen molar-refractivity contribution in [2.75, 3.05) is 24.9 Å². The third kappa shape index (κ3) is 5.65. The number of nitrogens with zero attached hydrogens (tertiary/aromatic N) is 1. The minimum absolute atomic E-state index is 0.00818. The summed E-state index contributed by atoms with van der Waals surface area (Å²) in [5, 5.41) is 5.51. The zero-order valence-electron chi connectivity index (χ0n) is 20.1. The second kappa shape index (κ2) is 10.8. The van der Waals surface area contributed by atoms with Gasteiger partial charge in [0.05, 0.1) is 30.3 Å². The highest BCUT2D eigenvalue weighted by molar-refractivity contribution is 7.92. The lowest BCUT2D eigenvalue weighted by Gasteiger charge is -2.17. The second-order valence-electron chi connectivity index (χ2n) is 8.35. The number of rotatable bonds is 9.